The number of halogens is 1. The van der Waals surface area contributed by atoms with Crippen molar-refractivity contribution in [3.8, 4) is 0 Å². The van der Waals surface area contributed by atoms with Gasteiger partial charge in [0.05, 0.1) is 4.88 Å². The highest BCUT2D eigenvalue weighted by Gasteiger charge is 2.30. The summed E-state index contributed by atoms with van der Waals surface area (Å²) in [6, 6.07) is 2.12. The molecule has 0 spiro atoms. The number of nitrogens with two attached hydrogens (primary N) is 1. The Kier molecular flexibility index (Phi) is 4.22. The number of rotatable bonds is 2. The first-order valence-corrected chi connectivity index (χ1v) is 7.57. The number of hydrogen-bond acceptors (Lipinski definition) is 3. The number of piperidine rings is 1. The molecule has 2 N–H and O–H groups in total. The minimum atomic E-state index is 0.0441. The van der Waals surface area contributed by atoms with Crippen LogP contribution in [0.1, 0.15) is 35.9 Å². The van der Waals surface area contributed by atoms with Crippen LogP contribution in [0.15, 0.2) is 15.9 Å². The SMILES string of the molecule is CC(N)C1CCCCN1C(=O)c1cc(Br)cs1. The third-order valence-corrected chi connectivity index (χ3v) is 4.87. The minimum Gasteiger partial charge on any atom is -0.333 e. The number of nitrogens with zero attached hydrogens (tertiary/aromatic N) is 1. The van der Waals surface area contributed by atoms with Crippen molar-refractivity contribution >= 4 is 33.2 Å². The van der Waals surface area contributed by atoms with E-state index in [4.69, 9.17) is 5.73 Å². The zero-order valence-corrected chi connectivity index (χ0v) is 12.3. The van der Waals surface area contributed by atoms with E-state index < -0.39 is 0 Å². The van der Waals surface area contributed by atoms with Gasteiger partial charge in [-0.25, -0.2) is 0 Å². The van der Waals surface area contributed by atoms with Crippen LogP contribution >= 0.6 is 27.3 Å². The summed E-state index contributed by atoms with van der Waals surface area (Å²) in [7, 11) is 0. The molecule has 0 aromatic carbocycles. The monoisotopic (exact) mass is 316 g/mol. The van der Waals surface area contributed by atoms with Gasteiger partial charge in [0.25, 0.3) is 5.91 Å². The molecular weight excluding hydrogens is 300 g/mol. The average molecular weight is 317 g/mol. The van der Waals surface area contributed by atoms with Crippen molar-refractivity contribution in [2.75, 3.05) is 6.54 Å². The van der Waals surface area contributed by atoms with Gasteiger partial charge in [-0.1, -0.05) is 0 Å². The number of hydrogen-bond donors (Lipinski definition) is 1. The smallest absolute Gasteiger partial charge is 0.264 e. The number of likely N-dealkylation sites (tertiary alicyclic amines) is 1. The van der Waals surface area contributed by atoms with Crippen LogP contribution in [0, 0.1) is 0 Å². The topological polar surface area (TPSA) is 46.3 Å². The highest BCUT2D eigenvalue weighted by atomic mass is 79.9. The Balaban J connectivity index is 2.16. The molecule has 1 aromatic rings. The van der Waals surface area contributed by atoms with Crippen molar-refractivity contribution in [3.05, 3.63) is 20.8 Å². The molecule has 1 aliphatic heterocycles. The van der Waals surface area contributed by atoms with Gasteiger partial charge in [-0.2, -0.15) is 0 Å². The molecule has 94 valence electrons. The fourth-order valence-electron chi connectivity index (χ4n) is 2.32. The van der Waals surface area contributed by atoms with Crippen LogP contribution in [0.3, 0.4) is 0 Å². The van der Waals surface area contributed by atoms with Gasteiger partial charge in [0.15, 0.2) is 0 Å². The van der Waals surface area contributed by atoms with E-state index in [2.05, 4.69) is 15.9 Å². The molecule has 5 heteroatoms. The molecule has 0 aliphatic carbocycles. The predicted octanol–water partition coefficient (Wildman–Crippen LogP) is 2.85. The molecule has 1 saturated heterocycles. The van der Waals surface area contributed by atoms with Crippen molar-refractivity contribution in [1.29, 1.82) is 0 Å². The van der Waals surface area contributed by atoms with Gasteiger partial charge in [-0.05, 0) is 48.2 Å². The maximum Gasteiger partial charge on any atom is 0.264 e. The molecule has 1 fully saturated rings. The molecule has 2 heterocycles. The Morgan fingerprint density at radius 2 is 2.41 bits per heavy atom. The molecule has 2 atom stereocenters. The van der Waals surface area contributed by atoms with E-state index >= 15 is 0 Å². The third-order valence-electron chi connectivity index (χ3n) is 3.20. The standard InChI is InChI=1S/C12H17BrN2OS/c1-8(14)10-4-2-3-5-15(10)12(16)11-6-9(13)7-17-11/h6-8,10H,2-5,14H2,1H3. The van der Waals surface area contributed by atoms with E-state index in [9.17, 15) is 4.79 Å². The maximum atomic E-state index is 12.4. The fourth-order valence-corrected chi connectivity index (χ4v) is 3.70. The van der Waals surface area contributed by atoms with E-state index in [1.54, 1.807) is 0 Å². The van der Waals surface area contributed by atoms with Crippen LogP contribution in [-0.4, -0.2) is 29.4 Å². The molecule has 1 aromatic heterocycles. The molecule has 0 bridgehead atoms. The summed E-state index contributed by atoms with van der Waals surface area (Å²) in [5.74, 6) is 0.128. The van der Waals surface area contributed by atoms with E-state index in [0.717, 1.165) is 28.7 Å². The molecule has 0 saturated carbocycles. The Morgan fingerprint density at radius 3 is 3.00 bits per heavy atom. The largest absolute Gasteiger partial charge is 0.333 e. The second kappa shape index (κ2) is 5.50. The number of carbonyl (C=O) groups is 1. The van der Waals surface area contributed by atoms with Crippen molar-refractivity contribution in [2.24, 2.45) is 5.73 Å². The summed E-state index contributed by atoms with van der Waals surface area (Å²) in [5, 5.41) is 1.94. The lowest BCUT2D eigenvalue weighted by atomic mass is 9.97. The lowest BCUT2D eigenvalue weighted by Gasteiger charge is -2.37. The van der Waals surface area contributed by atoms with Gasteiger partial charge in [0.2, 0.25) is 0 Å². The Morgan fingerprint density at radius 1 is 1.65 bits per heavy atom. The summed E-state index contributed by atoms with van der Waals surface area (Å²) in [5.41, 5.74) is 5.98. The minimum absolute atomic E-state index is 0.0441. The Labute approximate surface area is 114 Å². The van der Waals surface area contributed by atoms with Crippen LogP contribution in [0.25, 0.3) is 0 Å². The second-order valence-corrected chi connectivity index (χ2v) is 6.38. The summed E-state index contributed by atoms with van der Waals surface area (Å²) in [6.07, 6.45) is 3.28. The molecule has 17 heavy (non-hydrogen) atoms. The van der Waals surface area contributed by atoms with E-state index in [1.165, 1.54) is 17.8 Å². The summed E-state index contributed by atoms with van der Waals surface area (Å²) in [4.78, 5) is 15.1. The zero-order chi connectivity index (χ0) is 12.4. The third kappa shape index (κ3) is 2.89. The summed E-state index contributed by atoms with van der Waals surface area (Å²) >= 11 is 4.87. The molecule has 1 aliphatic rings. The first-order valence-electron chi connectivity index (χ1n) is 5.90. The van der Waals surface area contributed by atoms with E-state index in [0.29, 0.717) is 0 Å². The van der Waals surface area contributed by atoms with Crippen LogP contribution in [0.5, 0.6) is 0 Å². The van der Waals surface area contributed by atoms with Crippen LogP contribution in [0.4, 0.5) is 0 Å². The lowest BCUT2D eigenvalue weighted by Crippen LogP contribution is -2.51. The van der Waals surface area contributed by atoms with Crippen molar-refractivity contribution in [1.82, 2.24) is 4.90 Å². The Hall–Kier alpha value is -0.390. The van der Waals surface area contributed by atoms with Gasteiger partial charge < -0.3 is 10.6 Å². The number of amides is 1. The van der Waals surface area contributed by atoms with E-state index in [1.807, 2.05) is 23.3 Å². The molecule has 2 unspecified atom stereocenters. The van der Waals surface area contributed by atoms with Crippen molar-refractivity contribution < 1.29 is 4.79 Å². The van der Waals surface area contributed by atoms with Crippen LogP contribution in [0.2, 0.25) is 0 Å². The highest BCUT2D eigenvalue weighted by molar-refractivity contribution is 9.10. The lowest BCUT2D eigenvalue weighted by molar-refractivity contribution is 0.0589. The van der Waals surface area contributed by atoms with Gasteiger partial charge in [-0.3, -0.25) is 4.79 Å². The van der Waals surface area contributed by atoms with Gasteiger partial charge in [0, 0.05) is 28.5 Å². The summed E-state index contributed by atoms with van der Waals surface area (Å²) < 4.78 is 0.972. The second-order valence-electron chi connectivity index (χ2n) is 4.55. The quantitative estimate of drug-likeness (QED) is 0.912. The summed E-state index contributed by atoms with van der Waals surface area (Å²) in [6.45, 7) is 2.82. The van der Waals surface area contributed by atoms with Gasteiger partial charge in [-0.15, -0.1) is 11.3 Å². The number of thiophene rings is 1. The van der Waals surface area contributed by atoms with Gasteiger partial charge in [0.1, 0.15) is 0 Å². The Bertz CT molecular complexity index is 405. The first kappa shape index (κ1) is 13.1. The fraction of sp³-hybridized carbons (Fsp3) is 0.583. The molecule has 0 radical (unpaired) electrons. The van der Waals surface area contributed by atoms with E-state index in [-0.39, 0.29) is 18.0 Å². The molecule has 1 amide bonds. The molecule has 2 rings (SSSR count). The normalized spacial score (nSPS) is 22.5. The van der Waals surface area contributed by atoms with Crippen LogP contribution < -0.4 is 5.73 Å². The molecule has 3 nitrogen and oxygen atoms in total. The van der Waals surface area contributed by atoms with Crippen LogP contribution in [-0.2, 0) is 0 Å². The highest BCUT2D eigenvalue weighted by Crippen LogP contribution is 2.25. The van der Waals surface area contributed by atoms with Crippen molar-refractivity contribution in [3.63, 3.8) is 0 Å². The maximum absolute atomic E-state index is 12.4. The average Bonchev–Trinajstić information content (AvgIpc) is 2.75. The zero-order valence-electron chi connectivity index (χ0n) is 9.86. The molecular formula is C12H17BrN2OS. The van der Waals surface area contributed by atoms with Gasteiger partial charge >= 0.3 is 0 Å². The van der Waals surface area contributed by atoms with Crippen molar-refractivity contribution in [2.45, 2.75) is 38.3 Å². The first-order chi connectivity index (χ1) is 8.09. The predicted molar refractivity (Wildman–Crippen MR) is 74.3 cm³/mol. The number of carbonyl (C=O) groups excluding carboxylic acids is 1.